The molecule has 2 heterocycles. The fourth-order valence-electron chi connectivity index (χ4n) is 1.48. The van der Waals surface area contributed by atoms with Crippen LogP contribution in [-0.4, -0.2) is 9.36 Å². The Labute approximate surface area is 79.8 Å². The molecule has 1 saturated carbocycles. The fraction of sp³-hybridized carbons (Fsp3) is 0.333. The molecule has 13 heavy (non-hydrogen) atoms. The maximum Gasteiger partial charge on any atom is 0.106 e. The summed E-state index contributed by atoms with van der Waals surface area (Å²) in [6.45, 7) is 0. The Balaban J connectivity index is 2.30. The molecule has 1 aliphatic rings. The van der Waals surface area contributed by atoms with Crippen molar-refractivity contribution in [1.82, 2.24) is 9.36 Å². The van der Waals surface area contributed by atoms with Crippen molar-refractivity contribution in [3.8, 4) is 0 Å². The molecule has 4 heteroatoms. The third-order valence-corrected chi connectivity index (χ3v) is 3.29. The summed E-state index contributed by atoms with van der Waals surface area (Å²) >= 11 is 1.49. The Morgan fingerprint density at radius 2 is 2.31 bits per heavy atom. The molecule has 1 fully saturated rings. The Kier molecular flexibility index (Phi) is 1.30. The lowest BCUT2D eigenvalue weighted by molar-refractivity contribution is 0.725. The molecule has 0 unspecified atom stereocenters. The van der Waals surface area contributed by atoms with E-state index in [2.05, 4.69) is 9.36 Å². The van der Waals surface area contributed by atoms with Crippen molar-refractivity contribution in [2.45, 2.75) is 18.4 Å². The van der Waals surface area contributed by atoms with Crippen LogP contribution in [0, 0.1) is 0 Å². The maximum absolute atomic E-state index is 6.08. The number of pyridine rings is 1. The van der Waals surface area contributed by atoms with Gasteiger partial charge in [-0.3, -0.25) is 4.98 Å². The quantitative estimate of drug-likeness (QED) is 0.745. The second kappa shape index (κ2) is 2.27. The first-order valence-corrected chi connectivity index (χ1v) is 5.07. The van der Waals surface area contributed by atoms with Crippen molar-refractivity contribution in [2.24, 2.45) is 5.73 Å². The van der Waals surface area contributed by atoms with Gasteiger partial charge in [-0.1, -0.05) is 0 Å². The van der Waals surface area contributed by atoms with E-state index in [0.29, 0.717) is 0 Å². The molecule has 0 aliphatic heterocycles. The molecule has 2 aromatic heterocycles. The van der Waals surface area contributed by atoms with Crippen molar-refractivity contribution in [3.63, 3.8) is 0 Å². The van der Waals surface area contributed by atoms with Crippen molar-refractivity contribution in [2.75, 3.05) is 0 Å². The Hall–Kier alpha value is -1.00. The summed E-state index contributed by atoms with van der Waals surface area (Å²) in [6, 6.07) is 3.97. The third kappa shape index (κ3) is 0.990. The summed E-state index contributed by atoms with van der Waals surface area (Å²) in [6.07, 6.45) is 3.89. The molecule has 0 radical (unpaired) electrons. The molecule has 2 N–H and O–H groups in total. The molecule has 3 nitrogen and oxygen atoms in total. The summed E-state index contributed by atoms with van der Waals surface area (Å²) in [4.78, 5) is 4.32. The van der Waals surface area contributed by atoms with Crippen LogP contribution in [0.15, 0.2) is 18.3 Å². The van der Waals surface area contributed by atoms with E-state index in [4.69, 9.17) is 5.73 Å². The molecule has 0 saturated heterocycles. The topological polar surface area (TPSA) is 51.8 Å². The zero-order chi connectivity index (χ0) is 8.89. The van der Waals surface area contributed by atoms with Crippen molar-refractivity contribution < 1.29 is 0 Å². The monoisotopic (exact) mass is 191 g/mol. The lowest BCUT2D eigenvalue weighted by Crippen LogP contribution is -2.19. The predicted molar refractivity (Wildman–Crippen MR) is 52.5 cm³/mol. The Bertz CT molecular complexity index is 459. The van der Waals surface area contributed by atoms with Gasteiger partial charge in [0.1, 0.15) is 11.2 Å². The van der Waals surface area contributed by atoms with Crippen LogP contribution in [0.2, 0.25) is 0 Å². The predicted octanol–water partition coefficient (Wildman–Crippen LogP) is 1.64. The van der Waals surface area contributed by atoms with Crippen LogP contribution < -0.4 is 5.73 Å². The van der Waals surface area contributed by atoms with Gasteiger partial charge in [0.05, 0.1) is 10.2 Å². The van der Waals surface area contributed by atoms with E-state index in [1.807, 2.05) is 12.1 Å². The minimum absolute atomic E-state index is 0.160. The number of aromatic nitrogens is 2. The molecule has 0 aromatic carbocycles. The Morgan fingerprint density at radius 3 is 3.08 bits per heavy atom. The standard InChI is InChI=1S/C9H9N3S/c10-9(3-4-9)8-7-6(13-12-8)2-1-5-11-7/h1-2,5H,3-4,10H2. The largest absolute Gasteiger partial charge is 0.320 e. The highest BCUT2D eigenvalue weighted by molar-refractivity contribution is 7.13. The van der Waals surface area contributed by atoms with Crippen LogP contribution in [0.4, 0.5) is 0 Å². The van der Waals surface area contributed by atoms with Crippen LogP contribution in [0.1, 0.15) is 18.5 Å². The van der Waals surface area contributed by atoms with E-state index in [1.54, 1.807) is 6.20 Å². The fourth-order valence-corrected chi connectivity index (χ4v) is 2.31. The molecule has 2 aromatic rings. The van der Waals surface area contributed by atoms with Crippen molar-refractivity contribution in [1.29, 1.82) is 0 Å². The van der Waals surface area contributed by atoms with Crippen LogP contribution in [0.25, 0.3) is 10.2 Å². The summed E-state index contributed by atoms with van der Waals surface area (Å²) < 4.78 is 5.52. The average molecular weight is 191 g/mol. The van der Waals surface area contributed by atoms with Crippen LogP contribution in [0.5, 0.6) is 0 Å². The van der Waals surface area contributed by atoms with Crippen LogP contribution in [-0.2, 0) is 5.54 Å². The van der Waals surface area contributed by atoms with E-state index in [-0.39, 0.29) is 5.54 Å². The molecule has 0 bridgehead atoms. The first-order chi connectivity index (χ1) is 6.30. The third-order valence-electron chi connectivity index (χ3n) is 2.49. The van der Waals surface area contributed by atoms with Crippen molar-refractivity contribution >= 4 is 21.7 Å². The van der Waals surface area contributed by atoms with Gasteiger partial charge in [0, 0.05) is 6.20 Å². The second-order valence-corrected chi connectivity index (χ2v) is 4.34. The van der Waals surface area contributed by atoms with Gasteiger partial charge < -0.3 is 5.73 Å². The second-order valence-electron chi connectivity index (χ2n) is 3.54. The van der Waals surface area contributed by atoms with Gasteiger partial charge in [-0.15, -0.1) is 0 Å². The smallest absolute Gasteiger partial charge is 0.106 e. The van der Waals surface area contributed by atoms with Gasteiger partial charge in [-0.25, -0.2) is 0 Å². The molecule has 3 rings (SSSR count). The van der Waals surface area contributed by atoms with Gasteiger partial charge in [-0.05, 0) is 36.5 Å². The maximum atomic E-state index is 6.08. The molecular weight excluding hydrogens is 182 g/mol. The number of hydrogen-bond acceptors (Lipinski definition) is 4. The molecule has 1 aliphatic carbocycles. The average Bonchev–Trinajstić information content (AvgIpc) is 2.76. The van der Waals surface area contributed by atoms with E-state index in [1.165, 1.54) is 11.5 Å². The molecular formula is C9H9N3S. The molecule has 0 atom stereocenters. The first-order valence-electron chi connectivity index (χ1n) is 4.29. The normalized spacial score (nSPS) is 19.2. The first kappa shape index (κ1) is 7.41. The highest BCUT2D eigenvalue weighted by Crippen LogP contribution is 2.44. The van der Waals surface area contributed by atoms with Gasteiger partial charge in [-0.2, -0.15) is 4.37 Å². The number of nitrogens with two attached hydrogens (primary N) is 1. The van der Waals surface area contributed by atoms with E-state index in [9.17, 15) is 0 Å². The highest BCUT2D eigenvalue weighted by atomic mass is 32.1. The van der Waals surface area contributed by atoms with Gasteiger partial charge >= 0.3 is 0 Å². The van der Waals surface area contributed by atoms with Crippen LogP contribution in [0.3, 0.4) is 0 Å². The number of nitrogens with zero attached hydrogens (tertiary/aromatic N) is 2. The number of fused-ring (bicyclic) bond motifs is 1. The van der Waals surface area contributed by atoms with E-state index < -0.39 is 0 Å². The summed E-state index contributed by atoms with van der Waals surface area (Å²) in [5.41, 5.74) is 7.91. The number of rotatable bonds is 1. The zero-order valence-corrected chi connectivity index (χ0v) is 7.84. The minimum Gasteiger partial charge on any atom is -0.320 e. The molecule has 0 spiro atoms. The summed E-state index contributed by atoms with van der Waals surface area (Å²) in [5.74, 6) is 0. The molecule has 66 valence electrons. The summed E-state index contributed by atoms with van der Waals surface area (Å²) in [5, 5.41) is 0. The Morgan fingerprint density at radius 1 is 1.46 bits per heavy atom. The van der Waals surface area contributed by atoms with Gasteiger partial charge in [0.2, 0.25) is 0 Å². The van der Waals surface area contributed by atoms with E-state index in [0.717, 1.165) is 28.8 Å². The van der Waals surface area contributed by atoms with Crippen LogP contribution >= 0.6 is 11.5 Å². The van der Waals surface area contributed by atoms with Gasteiger partial charge in [0.15, 0.2) is 0 Å². The zero-order valence-electron chi connectivity index (χ0n) is 7.03. The molecule has 0 amide bonds. The number of hydrogen-bond donors (Lipinski definition) is 1. The van der Waals surface area contributed by atoms with E-state index >= 15 is 0 Å². The highest BCUT2D eigenvalue weighted by Gasteiger charge is 2.43. The van der Waals surface area contributed by atoms with Crippen molar-refractivity contribution in [3.05, 3.63) is 24.0 Å². The minimum atomic E-state index is -0.160. The van der Waals surface area contributed by atoms with Gasteiger partial charge in [0.25, 0.3) is 0 Å². The lowest BCUT2D eigenvalue weighted by atomic mass is 10.2. The SMILES string of the molecule is NC1(c2nsc3cccnc23)CC1. The summed E-state index contributed by atoms with van der Waals surface area (Å²) in [7, 11) is 0. The lowest BCUT2D eigenvalue weighted by Gasteiger charge is -2.02.